The summed E-state index contributed by atoms with van der Waals surface area (Å²) in [6.45, 7) is 0.570. The first-order chi connectivity index (χ1) is 10.3. The fourth-order valence-electron chi connectivity index (χ4n) is 2.62. The summed E-state index contributed by atoms with van der Waals surface area (Å²) in [4.78, 5) is 12.1. The summed E-state index contributed by atoms with van der Waals surface area (Å²) in [5.41, 5.74) is 2.35. The van der Waals surface area contributed by atoms with Crippen LogP contribution in [0.1, 0.15) is 23.5 Å². The number of amides is 1. The van der Waals surface area contributed by atoms with Crippen molar-refractivity contribution < 1.29 is 9.53 Å². The molecule has 0 aliphatic heterocycles. The zero-order valence-corrected chi connectivity index (χ0v) is 12.1. The summed E-state index contributed by atoms with van der Waals surface area (Å²) in [5, 5.41) is 3.02. The van der Waals surface area contributed by atoms with Crippen LogP contribution in [0.15, 0.2) is 54.6 Å². The van der Waals surface area contributed by atoms with Gasteiger partial charge in [-0.15, -0.1) is 0 Å². The number of hydrogen-bond acceptors (Lipinski definition) is 2. The van der Waals surface area contributed by atoms with Gasteiger partial charge >= 0.3 is 0 Å². The lowest BCUT2D eigenvalue weighted by atomic mass is 10.1. The van der Waals surface area contributed by atoms with E-state index in [1.54, 1.807) is 7.11 Å². The molecule has 0 aromatic heterocycles. The van der Waals surface area contributed by atoms with Crippen molar-refractivity contribution in [3.05, 3.63) is 65.7 Å². The largest absolute Gasteiger partial charge is 0.497 e. The molecular formula is C18H19NO2. The number of hydrogen-bond donors (Lipinski definition) is 1. The van der Waals surface area contributed by atoms with E-state index in [1.165, 1.54) is 5.56 Å². The highest BCUT2D eigenvalue weighted by atomic mass is 16.5. The Morgan fingerprint density at radius 2 is 1.86 bits per heavy atom. The number of methoxy groups -OCH3 is 1. The van der Waals surface area contributed by atoms with Gasteiger partial charge in [-0.3, -0.25) is 4.79 Å². The first kappa shape index (κ1) is 13.7. The predicted molar refractivity (Wildman–Crippen MR) is 82.1 cm³/mol. The summed E-state index contributed by atoms with van der Waals surface area (Å²) in [7, 11) is 1.65. The van der Waals surface area contributed by atoms with Crippen LogP contribution in [0.5, 0.6) is 5.75 Å². The molecule has 108 valence electrons. The maximum Gasteiger partial charge on any atom is 0.224 e. The molecule has 1 fully saturated rings. The Morgan fingerprint density at radius 1 is 1.14 bits per heavy atom. The van der Waals surface area contributed by atoms with Crippen molar-refractivity contribution in [2.45, 2.75) is 18.9 Å². The van der Waals surface area contributed by atoms with Crippen molar-refractivity contribution in [2.75, 3.05) is 7.11 Å². The fraction of sp³-hybridized carbons (Fsp3) is 0.278. The molecule has 0 bridgehead atoms. The molecule has 1 aliphatic carbocycles. The Balaban J connectivity index is 1.51. The van der Waals surface area contributed by atoms with E-state index in [-0.39, 0.29) is 11.8 Å². The van der Waals surface area contributed by atoms with Gasteiger partial charge < -0.3 is 10.1 Å². The van der Waals surface area contributed by atoms with Crippen LogP contribution in [-0.4, -0.2) is 13.0 Å². The van der Waals surface area contributed by atoms with E-state index >= 15 is 0 Å². The number of rotatable bonds is 5. The van der Waals surface area contributed by atoms with Crippen LogP contribution >= 0.6 is 0 Å². The minimum absolute atomic E-state index is 0.130. The molecule has 1 aliphatic rings. The van der Waals surface area contributed by atoms with E-state index in [0.29, 0.717) is 12.5 Å². The molecule has 3 rings (SSSR count). The van der Waals surface area contributed by atoms with Crippen molar-refractivity contribution in [1.29, 1.82) is 0 Å². The quantitative estimate of drug-likeness (QED) is 0.914. The van der Waals surface area contributed by atoms with Crippen LogP contribution in [0.25, 0.3) is 0 Å². The molecule has 1 amide bonds. The molecule has 2 aromatic carbocycles. The Bertz CT molecular complexity index is 607. The van der Waals surface area contributed by atoms with Gasteiger partial charge in [0.1, 0.15) is 5.75 Å². The number of carbonyl (C=O) groups excluding carboxylic acids is 1. The third kappa shape index (κ3) is 3.24. The lowest BCUT2D eigenvalue weighted by Crippen LogP contribution is -2.24. The van der Waals surface area contributed by atoms with E-state index in [9.17, 15) is 4.79 Å². The molecular weight excluding hydrogens is 262 g/mol. The van der Waals surface area contributed by atoms with Crippen LogP contribution < -0.4 is 10.1 Å². The van der Waals surface area contributed by atoms with Gasteiger partial charge in [-0.2, -0.15) is 0 Å². The average Bonchev–Trinajstić information content (AvgIpc) is 3.35. The normalized spacial score (nSPS) is 19.9. The van der Waals surface area contributed by atoms with Gasteiger partial charge in [0.05, 0.1) is 7.11 Å². The minimum Gasteiger partial charge on any atom is -0.497 e. The van der Waals surface area contributed by atoms with Crippen molar-refractivity contribution in [3.63, 3.8) is 0 Å². The van der Waals surface area contributed by atoms with Crippen molar-refractivity contribution >= 4 is 5.91 Å². The molecule has 1 N–H and O–H groups in total. The fourth-order valence-corrected chi connectivity index (χ4v) is 2.62. The van der Waals surface area contributed by atoms with E-state index in [1.807, 2.05) is 42.5 Å². The standard InChI is InChI=1S/C18H19NO2/c1-21-15-9-7-13(8-10-15)12-19-18(20)17-11-16(17)14-5-3-2-4-6-14/h2-10,16-17H,11-12H2,1H3,(H,19,20)/t16-,17-/m0/s1. The predicted octanol–water partition coefficient (Wildman–Crippen LogP) is 3.12. The first-order valence-corrected chi connectivity index (χ1v) is 7.23. The highest BCUT2D eigenvalue weighted by Crippen LogP contribution is 2.47. The van der Waals surface area contributed by atoms with Crippen LogP contribution in [0.3, 0.4) is 0 Å². The Hall–Kier alpha value is -2.29. The molecule has 2 aromatic rings. The molecule has 0 unspecified atom stereocenters. The summed E-state index contributed by atoms with van der Waals surface area (Å²) >= 11 is 0. The van der Waals surface area contributed by atoms with Gasteiger partial charge in [-0.1, -0.05) is 42.5 Å². The molecule has 2 atom stereocenters. The maximum atomic E-state index is 12.1. The Morgan fingerprint density at radius 3 is 2.52 bits per heavy atom. The molecule has 0 radical (unpaired) electrons. The van der Waals surface area contributed by atoms with E-state index in [2.05, 4.69) is 17.4 Å². The van der Waals surface area contributed by atoms with Crippen molar-refractivity contribution in [2.24, 2.45) is 5.92 Å². The van der Waals surface area contributed by atoms with Gasteiger partial charge in [0.25, 0.3) is 0 Å². The molecule has 3 heteroatoms. The summed E-state index contributed by atoms with van der Waals surface area (Å²) in [5.74, 6) is 1.50. The Kier molecular flexibility index (Phi) is 3.91. The number of benzene rings is 2. The van der Waals surface area contributed by atoms with Crippen LogP contribution in [0, 0.1) is 5.92 Å². The monoisotopic (exact) mass is 281 g/mol. The zero-order valence-electron chi connectivity index (χ0n) is 12.1. The van der Waals surface area contributed by atoms with Gasteiger partial charge in [-0.25, -0.2) is 0 Å². The molecule has 3 nitrogen and oxygen atoms in total. The summed E-state index contributed by atoms with van der Waals surface area (Å²) in [6.07, 6.45) is 0.957. The maximum absolute atomic E-state index is 12.1. The summed E-state index contributed by atoms with van der Waals surface area (Å²) in [6, 6.07) is 18.0. The van der Waals surface area contributed by atoms with Crippen LogP contribution in [0.4, 0.5) is 0 Å². The Labute approximate surface area is 124 Å². The van der Waals surface area contributed by atoms with Crippen LogP contribution in [0.2, 0.25) is 0 Å². The van der Waals surface area contributed by atoms with Gasteiger partial charge in [0.2, 0.25) is 5.91 Å². The number of nitrogens with one attached hydrogen (secondary N) is 1. The lowest BCUT2D eigenvalue weighted by Gasteiger charge is -2.06. The molecule has 0 spiro atoms. The van der Waals surface area contributed by atoms with Crippen molar-refractivity contribution in [1.82, 2.24) is 5.32 Å². The molecule has 21 heavy (non-hydrogen) atoms. The second kappa shape index (κ2) is 6.00. The van der Waals surface area contributed by atoms with Crippen molar-refractivity contribution in [3.8, 4) is 5.75 Å². The molecule has 1 saturated carbocycles. The minimum atomic E-state index is 0.130. The lowest BCUT2D eigenvalue weighted by molar-refractivity contribution is -0.122. The van der Waals surface area contributed by atoms with Gasteiger partial charge in [-0.05, 0) is 35.6 Å². The van der Waals surface area contributed by atoms with E-state index < -0.39 is 0 Å². The van der Waals surface area contributed by atoms with E-state index in [4.69, 9.17) is 4.74 Å². The highest BCUT2D eigenvalue weighted by molar-refractivity contribution is 5.82. The molecule has 0 saturated heterocycles. The highest BCUT2D eigenvalue weighted by Gasteiger charge is 2.43. The van der Waals surface area contributed by atoms with Gasteiger partial charge in [0, 0.05) is 12.5 Å². The second-order valence-electron chi connectivity index (χ2n) is 5.43. The SMILES string of the molecule is COc1ccc(CNC(=O)[C@H]2C[C@H]2c2ccccc2)cc1. The number of carbonyl (C=O) groups is 1. The molecule has 0 heterocycles. The third-order valence-corrected chi connectivity index (χ3v) is 3.98. The van der Waals surface area contributed by atoms with Gasteiger partial charge in [0.15, 0.2) is 0 Å². The van der Waals surface area contributed by atoms with E-state index in [0.717, 1.165) is 17.7 Å². The smallest absolute Gasteiger partial charge is 0.224 e. The van der Waals surface area contributed by atoms with Crippen LogP contribution in [-0.2, 0) is 11.3 Å². The third-order valence-electron chi connectivity index (χ3n) is 3.98. The zero-order chi connectivity index (χ0) is 14.7. The topological polar surface area (TPSA) is 38.3 Å². The summed E-state index contributed by atoms with van der Waals surface area (Å²) < 4.78 is 5.12. The first-order valence-electron chi connectivity index (χ1n) is 7.23. The number of ether oxygens (including phenoxy) is 1. The average molecular weight is 281 g/mol. The second-order valence-corrected chi connectivity index (χ2v) is 5.43.